The minimum absolute atomic E-state index is 0.0311. The van der Waals surface area contributed by atoms with Crippen molar-refractivity contribution in [3.63, 3.8) is 0 Å². The molecule has 0 spiro atoms. The van der Waals surface area contributed by atoms with Gasteiger partial charge in [0.25, 0.3) is 7.82 Å². The monoisotopic (exact) mass is 828 g/mol. The van der Waals surface area contributed by atoms with Gasteiger partial charge in [-0.25, -0.2) is 0 Å². The average Bonchev–Trinajstić information content (AvgIpc) is 3.16. The first-order valence-electron chi connectivity index (χ1n) is 23.5. The SMILES string of the molecule is CCCC/C=C\C/C=C\CCCCCCCC(=O)OC[C@H](COP(=O)([O-])OCC[N+](C)(C)C)OC(=O)CCCCCCCCCCCCCCCCCCCCC. The Labute approximate surface area is 351 Å². The van der Waals surface area contributed by atoms with Crippen molar-refractivity contribution in [1.29, 1.82) is 0 Å². The summed E-state index contributed by atoms with van der Waals surface area (Å²) in [5.74, 6) is -0.842. The fourth-order valence-electron chi connectivity index (χ4n) is 6.50. The molecule has 0 aliphatic carbocycles. The van der Waals surface area contributed by atoms with E-state index in [4.69, 9.17) is 18.5 Å². The average molecular weight is 828 g/mol. The number of phosphoric ester groups is 1. The first-order valence-corrected chi connectivity index (χ1v) is 25.0. The second-order valence-electron chi connectivity index (χ2n) is 17.1. The second-order valence-corrected chi connectivity index (χ2v) is 18.5. The normalized spacial score (nSPS) is 13.7. The van der Waals surface area contributed by atoms with Crippen molar-refractivity contribution in [2.75, 3.05) is 47.5 Å². The maximum atomic E-state index is 12.7. The standard InChI is InChI=1S/C47H90NO8P/c1-6-8-10-12-14-16-18-20-22-23-24-25-26-28-30-32-34-36-38-40-47(50)56-45(44-55-57(51,52)54-42-41-48(3,4)5)43-53-46(49)39-37-35-33-31-29-27-21-19-17-15-13-11-9-7-2/h13,15,19,21,45H,6-12,14,16-18,20,22-44H2,1-5H3/b15-13-,21-19-/t45-/m1/s1. The van der Waals surface area contributed by atoms with Crippen LogP contribution in [0.2, 0.25) is 0 Å². The van der Waals surface area contributed by atoms with E-state index in [1.807, 2.05) is 21.1 Å². The molecule has 10 heteroatoms. The summed E-state index contributed by atoms with van der Waals surface area (Å²) in [6.45, 7) is 4.20. The quantitative estimate of drug-likeness (QED) is 0.0196. The van der Waals surface area contributed by atoms with Gasteiger partial charge in [-0.1, -0.05) is 186 Å². The number of likely N-dealkylation sites (N-methyl/N-ethyl adjacent to an activating group) is 1. The Kier molecular flexibility index (Phi) is 38.9. The number of hydrogen-bond acceptors (Lipinski definition) is 8. The van der Waals surface area contributed by atoms with E-state index in [9.17, 15) is 19.0 Å². The van der Waals surface area contributed by atoms with Gasteiger partial charge in [0.05, 0.1) is 27.7 Å². The number of phosphoric acid groups is 1. The topological polar surface area (TPSA) is 111 Å². The highest BCUT2D eigenvalue weighted by Gasteiger charge is 2.21. The summed E-state index contributed by atoms with van der Waals surface area (Å²) in [7, 11) is 1.16. The molecule has 57 heavy (non-hydrogen) atoms. The fourth-order valence-corrected chi connectivity index (χ4v) is 7.22. The predicted molar refractivity (Wildman–Crippen MR) is 236 cm³/mol. The minimum atomic E-state index is -4.63. The fraction of sp³-hybridized carbons (Fsp3) is 0.872. The van der Waals surface area contributed by atoms with E-state index in [0.29, 0.717) is 23.9 Å². The molecular weight excluding hydrogens is 737 g/mol. The van der Waals surface area contributed by atoms with Gasteiger partial charge in [0.15, 0.2) is 6.10 Å². The molecule has 0 saturated carbocycles. The van der Waals surface area contributed by atoms with Crippen molar-refractivity contribution in [2.24, 2.45) is 0 Å². The Hall–Kier alpha value is -1.51. The molecule has 1 unspecified atom stereocenters. The number of allylic oxidation sites excluding steroid dienone is 4. The molecule has 0 saturated heterocycles. The smallest absolute Gasteiger partial charge is 0.306 e. The number of rotatable bonds is 43. The van der Waals surface area contributed by atoms with Gasteiger partial charge in [0.1, 0.15) is 19.8 Å². The van der Waals surface area contributed by atoms with Crippen LogP contribution in [0.4, 0.5) is 0 Å². The molecule has 0 radical (unpaired) electrons. The number of quaternary nitrogens is 1. The molecule has 0 aliphatic rings. The Morgan fingerprint density at radius 2 is 0.965 bits per heavy atom. The summed E-state index contributed by atoms with van der Waals surface area (Å²) in [6, 6.07) is 0. The summed E-state index contributed by atoms with van der Waals surface area (Å²) in [6.07, 6.45) is 43.4. The molecule has 0 N–H and O–H groups in total. The van der Waals surface area contributed by atoms with E-state index in [1.165, 1.54) is 116 Å². The summed E-state index contributed by atoms with van der Waals surface area (Å²) in [5, 5.41) is 0. The number of hydrogen-bond donors (Lipinski definition) is 0. The maximum Gasteiger partial charge on any atom is 0.306 e. The third kappa shape index (κ3) is 43.9. The minimum Gasteiger partial charge on any atom is -0.756 e. The van der Waals surface area contributed by atoms with E-state index >= 15 is 0 Å². The highest BCUT2D eigenvalue weighted by molar-refractivity contribution is 7.45. The van der Waals surface area contributed by atoms with Gasteiger partial charge in [-0.3, -0.25) is 14.2 Å². The van der Waals surface area contributed by atoms with Crippen molar-refractivity contribution >= 4 is 19.8 Å². The molecule has 2 atom stereocenters. The summed E-state index contributed by atoms with van der Waals surface area (Å²) >= 11 is 0. The molecule has 9 nitrogen and oxygen atoms in total. The van der Waals surface area contributed by atoms with Crippen LogP contribution in [-0.2, 0) is 32.7 Å². The zero-order valence-electron chi connectivity index (χ0n) is 37.8. The van der Waals surface area contributed by atoms with E-state index in [2.05, 4.69) is 38.2 Å². The van der Waals surface area contributed by atoms with Crippen molar-refractivity contribution in [3.05, 3.63) is 24.3 Å². The summed E-state index contributed by atoms with van der Waals surface area (Å²) in [5.41, 5.74) is 0. The molecule has 0 bridgehead atoms. The van der Waals surface area contributed by atoms with Gasteiger partial charge in [0, 0.05) is 12.8 Å². The first-order chi connectivity index (χ1) is 27.5. The number of esters is 2. The number of carbonyl (C=O) groups excluding carboxylic acids is 2. The van der Waals surface area contributed by atoms with Gasteiger partial charge in [-0.05, 0) is 38.5 Å². The first kappa shape index (κ1) is 55.5. The van der Waals surface area contributed by atoms with Crippen LogP contribution >= 0.6 is 7.82 Å². The van der Waals surface area contributed by atoms with Crippen molar-refractivity contribution in [1.82, 2.24) is 0 Å². The molecule has 0 aromatic carbocycles. The second kappa shape index (κ2) is 39.9. The van der Waals surface area contributed by atoms with Crippen molar-refractivity contribution < 1.29 is 42.1 Å². The lowest BCUT2D eigenvalue weighted by atomic mass is 10.0. The van der Waals surface area contributed by atoms with Crippen LogP contribution in [0.25, 0.3) is 0 Å². The summed E-state index contributed by atoms with van der Waals surface area (Å²) in [4.78, 5) is 37.6. The maximum absolute atomic E-state index is 12.7. The predicted octanol–water partition coefficient (Wildman–Crippen LogP) is 12.9. The number of ether oxygens (including phenoxy) is 2. The van der Waals surface area contributed by atoms with E-state index in [-0.39, 0.29) is 26.1 Å². The molecule has 0 heterocycles. The largest absolute Gasteiger partial charge is 0.756 e. The van der Waals surface area contributed by atoms with Gasteiger partial charge >= 0.3 is 11.9 Å². The van der Waals surface area contributed by atoms with Crippen LogP contribution in [-0.4, -0.2) is 70.0 Å². The molecule has 0 aromatic heterocycles. The van der Waals surface area contributed by atoms with Gasteiger partial charge in [-0.2, -0.15) is 0 Å². The van der Waals surface area contributed by atoms with Crippen LogP contribution in [0.5, 0.6) is 0 Å². The molecule has 336 valence electrons. The van der Waals surface area contributed by atoms with Crippen molar-refractivity contribution in [2.45, 2.75) is 219 Å². The molecule has 0 aromatic rings. The molecular formula is C47H90NO8P. The summed E-state index contributed by atoms with van der Waals surface area (Å²) < 4.78 is 33.9. The molecule has 0 rings (SSSR count). The number of nitrogens with zero attached hydrogens (tertiary/aromatic N) is 1. The van der Waals surface area contributed by atoms with Gasteiger partial charge < -0.3 is 27.9 Å². The number of carbonyl (C=O) groups is 2. The zero-order valence-corrected chi connectivity index (χ0v) is 38.7. The molecule has 0 aliphatic heterocycles. The lowest BCUT2D eigenvalue weighted by molar-refractivity contribution is -0.870. The lowest BCUT2D eigenvalue weighted by Gasteiger charge is -2.28. The van der Waals surface area contributed by atoms with Gasteiger partial charge in [-0.15, -0.1) is 0 Å². The highest BCUT2D eigenvalue weighted by atomic mass is 31.2. The van der Waals surface area contributed by atoms with Gasteiger partial charge in [0.2, 0.25) is 0 Å². The van der Waals surface area contributed by atoms with Crippen LogP contribution in [0, 0.1) is 0 Å². The Bertz CT molecular complexity index is 1030. The van der Waals surface area contributed by atoms with Crippen LogP contribution < -0.4 is 4.89 Å². The number of unbranched alkanes of at least 4 members (excludes halogenated alkanes) is 25. The van der Waals surface area contributed by atoms with Crippen LogP contribution in [0.3, 0.4) is 0 Å². The van der Waals surface area contributed by atoms with Crippen molar-refractivity contribution in [3.8, 4) is 0 Å². The van der Waals surface area contributed by atoms with Crippen LogP contribution in [0.1, 0.15) is 213 Å². The molecule has 0 amide bonds. The van der Waals surface area contributed by atoms with E-state index in [1.54, 1.807) is 0 Å². The Morgan fingerprint density at radius 3 is 1.44 bits per heavy atom. The molecule has 0 fully saturated rings. The Morgan fingerprint density at radius 1 is 0.544 bits per heavy atom. The van der Waals surface area contributed by atoms with E-state index in [0.717, 1.165) is 57.8 Å². The third-order valence-corrected chi connectivity index (χ3v) is 11.2. The van der Waals surface area contributed by atoms with Crippen LogP contribution in [0.15, 0.2) is 24.3 Å². The Balaban J connectivity index is 4.29. The zero-order chi connectivity index (χ0) is 42.1. The third-order valence-electron chi connectivity index (χ3n) is 10.2. The lowest BCUT2D eigenvalue weighted by Crippen LogP contribution is -2.37. The van der Waals surface area contributed by atoms with E-state index < -0.39 is 32.5 Å². The highest BCUT2D eigenvalue weighted by Crippen LogP contribution is 2.38.